The monoisotopic (exact) mass is 326 g/mol. The van der Waals surface area contributed by atoms with Crippen LogP contribution in [0.15, 0.2) is 30.3 Å². The zero-order valence-electron chi connectivity index (χ0n) is 14.1. The van der Waals surface area contributed by atoms with Gasteiger partial charge in [-0.25, -0.2) is 0 Å². The van der Waals surface area contributed by atoms with Crippen LogP contribution in [0.4, 0.5) is 0 Å². The molecule has 2 atom stereocenters. The molecule has 4 nitrogen and oxygen atoms in total. The summed E-state index contributed by atoms with van der Waals surface area (Å²) < 4.78 is 0. The molecule has 0 radical (unpaired) electrons. The molecule has 1 N–H and O–H groups in total. The van der Waals surface area contributed by atoms with E-state index in [0.29, 0.717) is 12.5 Å². The van der Waals surface area contributed by atoms with Crippen LogP contribution < -0.4 is 5.32 Å². The van der Waals surface area contributed by atoms with Crippen LogP contribution in [-0.2, 0) is 9.59 Å². The van der Waals surface area contributed by atoms with Crippen molar-refractivity contribution in [2.45, 2.75) is 44.6 Å². The van der Waals surface area contributed by atoms with E-state index in [0.717, 1.165) is 32.2 Å². The Morgan fingerprint density at radius 2 is 1.75 bits per heavy atom. The highest BCUT2D eigenvalue weighted by molar-refractivity contribution is 5.83. The van der Waals surface area contributed by atoms with Gasteiger partial charge in [0.05, 0.1) is 12.0 Å². The van der Waals surface area contributed by atoms with Gasteiger partial charge in [-0.15, -0.1) is 0 Å². The highest BCUT2D eigenvalue weighted by Crippen LogP contribution is 2.41. The van der Waals surface area contributed by atoms with Crippen molar-refractivity contribution in [1.29, 1.82) is 0 Å². The van der Waals surface area contributed by atoms with Crippen molar-refractivity contribution >= 4 is 11.8 Å². The summed E-state index contributed by atoms with van der Waals surface area (Å²) in [5.41, 5.74) is 1.20. The second-order valence-electron chi connectivity index (χ2n) is 7.63. The summed E-state index contributed by atoms with van der Waals surface area (Å²) >= 11 is 0. The fourth-order valence-electron chi connectivity index (χ4n) is 3.81. The number of amides is 2. The predicted molar refractivity (Wildman–Crippen MR) is 92.1 cm³/mol. The van der Waals surface area contributed by atoms with Crippen molar-refractivity contribution in [2.75, 3.05) is 13.1 Å². The number of nitrogens with one attached hydrogen (secondary N) is 1. The van der Waals surface area contributed by atoms with Gasteiger partial charge in [0.25, 0.3) is 0 Å². The molecule has 2 saturated carbocycles. The van der Waals surface area contributed by atoms with Crippen LogP contribution in [-0.4, -0.2) is 29.8 Å². The van der Waals surface area contributed by atoms with E-state index in [4.69, 9.17) is 0 Å². The molecule has 2 aliphatic carbocycles. The number of nitrogens with zero attached hydrogens (tertiary/aromatic N) is 1. The summed E-state index contributed by atoms with van der Waals surface area (Å²) in [5.74, 6) is 1.17. The van der Waals surface area contributed by atoms with E-state index in [2.05, 4.69) is 17.4 Å². The van der Waals surface area contributed by atoms with E-state index in [1.807, 2.05) is 23.1 Å². The molecule has 0 bridgehead atoms. The molecule has 0 aromatic heterocycles. The Hall–Kier alpha value is -1.84. The van der Waals surface area contributed by atoms with Crippen molar-refractivity contribution < 1.29 is 9.59 Å². The summed E-state index contributed by atoms with van der Waals surface area (Å²) in [7, 11) is 0. The van der Waals surface area contributed by atoms with E-state index in [-0.39, 0.29) is 29.7 Å². The normalized spacial score (nSPS) is 25.2. The Morgan fingerprint density at radius 1 is 1.00 bits per heavy atom. The van der Waals surface area contributed by atoms with Crippen molar-refractivity contribution in [3.63, 3.8) is 0 Å². The lowest BCUT2D eigenvalue weighted by atomic mass is 9.95. The first-order chi connectivity index (χ1) is 11.7. The molecule has 1 aliphatic heterocycles. The standard InChI is InChI=1S/C20H26N2O2/c23-19(17-7-4-12-22(13-17)20(24)16-10-11-16)21-18(15-8-9-15)14-5-2-1-3-6-14/h1-3,5-6,15-18H,4,7-13H2,(H,21,23). The van der Waals surface area contributed by atoms with Gasteiger partial charge in [-0.3, -0.25) is 9.59 Å². The molecule has 1 saturated heterocycles. The summed E-state index contributed by atoms with van der Waals surface area (Å²) in [6, 6.07) is 10.4. The lowest BCUT2D eigenvalue weighted by molar-refractivity contribution is -0.137. The number of hydrogen-bond donors (Lipinski definition) is 1. The zero-order chi connectivity index (χ0) is 16.5. The van der Waals surface area contributed by atoms with E-state index in [1.165, 1.54) is 18.4 Å². The first-order valence-electron chi connectivity index (χ1n) is 9.36. The van der Waals surface area contributed by atoms with Gasteiger partial charge in [0, 0.05) is 19.0 Å². The Balaban J connectivity index is 1.40. The Bertz CT molecular complexity index is 607. The number of carbonyl (C=O) groups excluding carboxylic acids is 2. The van der Waals surface area contributed by atoms with E-state index in [9.17, 15) is 9.59 Å². The Kier molecular flexibility index (Phi) is 4.30. The van der Waals surface area contributed by atoms with Crippen molar-refractivity contribution in [1.82, 2.24) is 10.2 Å². The average molecular weight is 326 g/mol. The van der Waals surface area contributed by atoms with Crippen LogP contribution >= 0.6 is 0 Å². The highest BCUT2D eigenvalue weighted by atomic mass is 16.2. The molecule has 24 heavy (non-hydrogen) atoms. The van der Waals surface area contributed by atoms with Crippen LogP contribution in [0.3, 0.4) is 0 Å². The molecule has 2 unspecified atom stereocenters. The highest BCUT2D eigenvalue weighted by Gasteiger charge is 2.38. The molecule has 3 fully saturated rings. The Morgan fingerprint density at radius 3 is 2.42 bits per heavy atom. The average Bonchev–Trinajstić information content (AvgIpc) is 3.51. The Labute approximate surface area is 143 Å². The fourth-order valence-corrected chi connectivity index (χ4v) is 3.81. The van der Waals surface area contributed by atoms with Crippen LogP contribution in [0.25, 0.3) is 0 Å². The molecular formula is C20H26N2O2. The molecule has 3 aliphatic rings. The molecule has 1 heterocycles. The third-order valence-corrected chi connectivity index (χ3v) is 5.58. The number of likely N-dealkylation sites (tertiary alicyclic amines) is 1. The maximum Gasteiger partial charge on any atom is 0.225 e. The molecule has 0 spiro atoms. The molecule has 4 rings (SSSR count). The van der Waals surface area contributed by atoms with E-state index < -0.39 is 0 Å². The van der Waals surface area contributed by atoms with Gasteiger partial charge in [0.2, 0.25) is 11.8 Å². The van der Waals surface area contributed by atoms with Gasteiger partial charge < -0.3 is 10.2 Å². The summed E-state index contributed by atoms with van der Waals surface area (Å²) in [4.78, 5) is 27.0. The predicted octanol–water partition coefficient (Wildman–Crippen LogP) is 2.90. The second-order valence-corrected chi connectivity index (χ2v) is 7.63. The topological polar surface area (TPSA) is 49.4 Å². The fraction of sp³-hybridized carbons (Fsp3) is 0.600. The van der Waals surface area contributed by atoms with Gasteiger partial charge in [0.15, 0.2) is 0 Å². The summed E-state index contributed by atoms with van der Waals surface area (Å²) in [6.07, 6.45) is 6.28. The van der Waals surface area contributed by atoms with Crippen molar-refractivity contribution in [2.24, 2.45) is 17.8 Å². The lowest BCUT2D eigenvalue weighted by Crippen LogP contribution is -2.46. The number of hydrogen-bond acceptors (Lipinski definition) is 2. The number of carbonyl (C=O) groups is 2. The van der Waals surface area contributed by atoms with Crippen molar-refractivity contribution in [3.8, 4) is 0 Å². The zero-order valence-corrected chi connectivity index (χ0v) is 14.1. The number of piperidine rings is 1. The van der Waals surface area contributed by atoms with Crippen LogP contribution in [0.2, 0.25) is 0 Å². The minimum Gasteiger partial charge on any atom is -0.349 e. The van der Waals surface area contributed by atoms with E-state index >= 15 is 0 Å². The molecule has 128 valence electrons. The number of rotatable bonds is 5. The van der Waals surface area contributed by atoms with E-state index in [1.54, 1.807) is 0 Å². The third kappa shape index (κ3) is 3.47. The van der Waals surface area contributed by atoms with Crippen molar-refractivity contribution in [3.05, 3.63) is 35.9 Å². The van der Waals surface area contributed by atoms with Gasteiger partial charge in [0.1, 0.15) is 0 Å². The first kappa shape index (κ1) is 15.7. The maximum atomic E-state index is 12.8. The minimum absolute atomic E-state index is 0.0496. The molecule has 2 amide bonds. The summed E-state index contributed by atoms with van der Waals surface area (Å²) in [5, 5.41) is 3.29. The third-order valence-electron chi connectivity index (χ3n) is 5.58. The smallest absolute Gasteiger partial charge is 0.225 e. The second kappa shape index (κ2) is 6.58. The summed E-state index contributed by atoms with van der Waals surface area (Å²) in [6.45, 7) is 1.43. The molecule has 1 aromatic rings. The van der Waals surface area contributed by atoms with Gasteiger partial charge in [-0.2, -0.15) is 0 Å². The van der Waals surface area contributed by atoms with Crippen LogP contribution in [0, 0.1) is 17.8 Å². The number of benzene rings is 1. The van der Waals surface area contributed by atoms with Crippen LogP contribution in [0.1, 0.15) is 50.1 Å². The minimum atomic E-state index is -0.0496. The van der Waals surface area contributed by atoms with Gasteiger partial charge in [-0.05, 0) is 50.0 Å². The maximum absolute atomic E-state index is 12.8. The largest absolute Gasteiger partial charge is 0.349 e. The first-order valence-corrected chi connectivity index (χ1v) is 9.36. The molecule has 4 heteroatoms. The lowest BCUT2D eigenvalue weighted by Gasteiger charge is -2.33. The molecular weight excluding hydrogens is 300 g/mol. The molecule has 1 aromatic carbocycles. The quantitative estimate of drug-likeness (QED) is 0.904. The van der Waals surface area contributed by atoms with Gasteiger partial charge in [-0.1, -0.05) is 30.3 Å². The SMILES string of the molecule is O=C(NC(c1ccccc1)C1CC1)C1CCCN(C(=O)C2CC2)C1. The van der Waals surface area contributed by atoms with Gasteiger partial charge >= 0.3 is 0 Å². The van der Waals surface area contributed by atoms with Crippen LogP contribution in [0.5, 0.6) is 0 Å².